The third-order valence-corrected chi connectivity index (χ3v) is 4.96. The highest BCUT2D eigenvalue weighted by Gasteiger charge is 2.20. The number of rotatable bonds is 6. The lowest BCUT2D eigenvalue weighted by Gasteiger charge is -2.12. The maximum atomic E-state index is 12.2. The van der Waals surface area contributed by atoms with Gasteiger partial charge in [0.15, 0.2) is 0 Å². The van der Waals surface area contributed by atoms with Gasteiger partial charge < -0.3 is 10.1 Å². The van der Waals surface area contributed by atoms with E-state index < -0.39 is 15.4 Å². The van der Waals surface area contributed by atoms with Crippen LogP contribution in [0.2, 0.25) is 0 Å². The molecule has 2 atom stereocenters. The Morgan fingerprint density at radius 1 is 1.41 bits per heavy atom. The van der Waals surface area contributed by atoms with Crippen molar-refractivity contribution in [2.75, 3.05) is 18.5 Å². The number of alkyl halides is 1. The van der Waals surface area contributed by atoms with E-state index in [0.29, 0.717) is 12.3 Å². The molecule has 122 valence electrons. The first-order valence-electron chi connectivity index (χ1n) is 7.05. The Morgan fingerprint density at radius 3 is 2.64 bits per heavy atom. The summed E-state index contributed by atoms with van der Waals surface area (Å²) in [6.45, 7) is 2.51. The minimum absolute atomic E-state index is 0.0569. The molecule has 1 aliphatic rings. The maximum Gasteiger partial charge on any atom is 0.242 e. The fourth-order valence-corrected chi connectivity index (χ4v) is 3.17. The Balaban J connectivity index is 1.97. The third-order valence-electron chi connectivity index (χ3n) is 3.32. The van der Waals surface area contributed by atoms with Crippen LogP contribution in [0.4, 0.5) is 5.69 Å². The molecule has 1 saturated heterocycles. The topological polar surface area (TPSA) is 84.5 Å². The van der Waals surface area contributed by atoms with Gasteiger partial charge in [-0.2, -0.15) is 0 Å². The lowest BCUT2D eigenvalue weighted by Crippen LogP contribution is -2.31. The van der Waals surface area contributed by atoms with Gasteiger partial charge >= 0.3 is 0 Å². The van der Waals surface area contributed by atoms with E-state index in [2.05, 4.69) is 10.0 Å². The van der Waals surface area contributed by atoms with Crippen molar-refractivity contribution in [3.05, 3.63) is 24.3 Å². The summed E-state index contributed by atoms with van der Waals surface area (Å²) in [7, 11) is -3.58. The van der Waals surface area contributed by atoms with Crippen LogP contribution in [0, 0.1) is 0 Å². The molecule has 0 spiro atoms. The van der Waals surface area contributed by atoms with E-state index in [1.54, 1.807) is 6.92 Å². The second-order valence-corrected chi connectivity index (χ2v) is 7.54. The number of hydrogen-bond donors (Lipinski definition) is 2. The van der Waals surface area contributed by atoms with Crippen molar-refractivity contribution in [2.45, 2.75) is 36.1 Å². The van der Waals surface area contributed by atoms with E-state index in [1.165, 1.54) is 24.3 Å². The van der Waals surface area contributed by atoms with E-state index in [9.17, 15) is 13.2 Å². The van der Waals surface area contributed by atoms with Gasteiger partial charge in [0.25, 0.3) is 0 Å². The van der Waals surface area contributed by atoms with Crippen molar-refractivity contribution in [2.24, 2.45) is 0 Å². The zero-order valence-corrected chi connectivity index (χ0v) is 13.8. The van der Waals surface area contributed by atoms with Gasteiger partial charge in [0.05, 0.1) is 11.0 Å². The number of nitrogens with one attached hydrogen (secondary N) is 2. The number of carbonyl (C=O) groups is 1. The van der Waals surface area contributed by atoms with Crippen LogP contribution in [0.15, 0.2) is 29.2 Å². The molecule has 0 saturated carbocycles. The summed E-state index contributed by atoms with van der Waals surface area (Å²) in [5, 5.41) is 1.93. The molecule has 1 heterocycles. The van der Waals surface area contributed by atoms with Crippen LogP contribution in [-0.4, -0.2) is 39.0 Å². The predicted molar refractivity (Wildman–Crippen MR) is 84.5 cm³/mol. The molecular weight excluding hydrogens is 328 g/mol. The first kappa shape index (κ1) is 17.2. The molecular formula is C14H19ClN2O4S. The first-order chi connectivity index (χ1) is 10.4. The van der Waals surface area contributed by atoms with E-state index in [1.807, 2.05) is 0 Å². The quantitative estimate of drug-likeness (QED) is 0.768. The molecule has 0 bridgehead atoms. The highest BCUT2D eigenvalue weighted by molar-refractivity contribution is 7.89. The van der Waals surface area contributed by atoms with Crippen LogP contribution in [0.3, 0.4) is 0 Å². The average Bonchev–Trinajstić information content (AvgIpc) is 2.99. The van der Waals surface area contributed by atoms with Crippen LogP contribution in [0.1, 0.15) is 19.8 Å². The number of ether oxygens (including phenoxy) is 1. The van der Waals surface area contributed by atoms with Crippen LogP contribution >= 0.6 is 11.6 Å². The minimum Gasteiger partial charge on any atom is -0.377 e. The number of carbonyl (C=O) groups excluding carboxylic acids is 1. The standard InChI is InChI=1S/C14H19ClN2O4S/c1-10(15)14(18)17-11-4-6-13(7-5-11)22(19,20)16-9-12-3-2-8-21-12/h4-7,10,12,16H,2-3,8-9H2,1H3,(H,17,18)/t10-,12+/m0/s1. The Bertz CT molecular complexity index is 610. The van der Waals surface area contributed by atoms with Crippen molar-refractivity contribution in [3.8, 4) is 0 Å². The van der Waals surface area contributed by atoms with Gasteiger partial charge in [-0.25, -0.2) is 13.1 Å². The summed E-state index contributed by atoms with van der Waals surface area (Å²) in [5.74, 6) is -0.339. The van der Waals surface area contributed by atoms with Crippen LogP contribution in [-0.2, 0) is 19.6 Å². The van der Waals surface area contributed by atoms with Gasteiger partial charge in [-0.15, -0.1) is 11.6 Å². The predicted octanol–water partition coefficient (Wildman–Crippen LogP) is 1.71. The highest BCUT2D eigenvalue weighted by atomic mass is 35.5. The zero-order chi connectivity index (χ0) is 16.2. The van der Waals surface area contributed by atoms with Gasteiger partial charge in [-0.1, -0.05) is 0 Å². The van der Waals surface area contributed by atoms with Crippen LogP contribution in [0.25, 0.3) is 0 Å². The van der Waals surface area contributed by atoms with E-state index in [-0.39, 0.29) is 23.5 Å². The van der Waals surface area contributed by atoms with Crippen LogP contribution < -0.4 is 10.0 Å². The average molecular weight is 347 g/mol. The van der Waals surface area contributed by atoms with Crippen molar-refractivity contribution < 1.29 is 17.9 Å². The fraction of sp³-hybridized carbons (Fsp3) is 0.500. The number of anilines is 1. The molecule has 8 heteroatoms. The lowest BCUT2D eigenvalue weighted by molar-refractivity contribution is -0.115. The number of hydrogen-bond acceptors (Lipinski definition) is 4. The van der Waals surface area contributed by atoms with E-state index in [4.69, 9.17) is 16.3 Å². The fourth-order valence-electron chi connectivity index (χ4n) is 2.05. The van der Waals surface area contributed by atoms with Crippen molar-refractivity contribution in [1.29, 1.82) is 0 Å². The number of benzene rings is 1. The molecule has 0 unspecified atom stereocenters. The van der Waals surface area contributed by atoms with Crippen molar-refractivity contribution in [3.63, 3.8) is 0 Å². The maximum absolute atomic E-state index is 12.2. The Labute approximate surface area is 135 Å². The molecule has 22 heavy (non-hydrogen) atoms. The first-order valence-corrected chi connectivity index (χ1v) is 8.97. The summed E-state index contributed by atoms with van der Waals surface area (Å²) in [6, 6.07) is 5.92. The molecule has 0 radical (unpaired) electrons. The van der Waals surface area contributed by atoms with Gasteiger partial charge in [0.2, 0.25) is 15.9 Å². The highest BCUT2D eigenvalue weighted by Crippen LogP contribution is 2.16. The molecule has 6 nitrogen and oxygen atoms in total. The largest absolute Gasteiger partial charge is 0.377 e. The number of halogens is 1. The van der Waals surface area contributed by atoms with Crippen molar-refractivity contribution in [1.82, 2.24) is 4.72 Å². The van der Waals surface area contributed by atoms with Gasteiger partial charge in [0.1, 0.15) is 5.38 Å². The number of amides is 1. The molecule has 2 rings (SSSR count). The second-order valence-electron chi connectivity index (χ2n) is 5.12. The van der Waals surface area contributed by atoms with Crippen LogP contribution in [0.5, 0.6) is 0 Å². The van der Waals surface area contributed by atoms with E-state index >= 15 is 0 Å². The molecule has 2 N–H and O–H groups in total. The normalized spacial score (nSPS) is 19.8. The summed E-state index contributed by atoms with van der Waals surface area (Å²) in [4.78, 5) is 11.6. The lowest BCUT2D eigenvalue weighted by atomic mass is 10.2. The van der Waals surface area contributed by atoms with E-state index in [0.717, 1.165) is 12.8 Å². The van der Waals surface area contributed by atoms with Gasteiger partial charge in [0, 0.05) is 18.8 Å². The van der Waals surface area contributed by atoms with Gasteiger partial charge in [-0.3, -0.25) is 4.79 Å². The SMILES string of the molecule is C[C@H](Cl)C(=O)Nc1ccc(S(=O)(=O)NC[C@H]2CCCO2)cc1. The second kappa shape index (κ2) is 7.41. The van der Waals surface area contributed by atoms with Crippen molar-refractivity contribution >= 4 is 33.2 Å². The molecule has 1 amide bonds. The summed E-state index contributed by atoms with van der Waals surface area (Å²) in [5.41, 5.74) is 0.496. The molecule has 0 aliphatic carbocycles. The molecule has 1 fully saturated rings. The smallest absolute Gasteiger partial charge is 0.242 e. The summed E-state index contributed by atoms with van der Waals surface area (Å²) >= 11 is 5.66. The monoisotopic (exact) mass is 346 g/mol. The Hall–Kier alpha value is -1.15. The number of sulfonamides is 1. The summed E-state index contributed by atoms with van der Waals surface area (Å²) < 4.78 is 32.2. The Morgan fingerprint density at radius 2 is 2.09 bits per heavy atom. The molecule has 1 aromatic carbocycles. The van der Waals surface area contributed by atoms with Gasteiger partial charge in [-0.05, 0) is 44.0 Å². The Kier molecular flexibility index (Phi) is 5.80. The zero-order valence-electron chi connectivity index (χ0n) is 12.2. The molecule has 0 aromatic heterocycles. The summed E-state index contributed by atoms with van der Waals surface area (Å²) in [6.07, 6.45) is 1.77. The molecule has 1 aliphatic heterocycles. The minimum atomic E-state index is -3.58. The molecule has 1 aromatic rings. The third kappa shape index (κ3) is 4.67.